The van der Waals surface area contributed by atoms with Crippen LogP contribution in [0.1, 0.15) is 28.3 Å². The number of likely N-dealkylation sites (N-methyl/N-ethyl adjacent to an activating group) is 1. The van der Waals surface area contributed by atoms with Gasteiger partial charge in [-0.3, -0.25) is 0 Å². The summed E-state index contributed by atoms with van der Waals surface area (Å²) in [5, 5.41) is 3.33. The Balaban J connectivity index is 2.31. The molecule has 106 valence electrons. The first-order valence-corrected chi connectivity index (χ1v) is 7.49. The summed E-state index contributed by atoms with van der Waals surface area (Å²) in [7, 11) is 1.94. The fourth-order valence-corrected chi connectivity index (χ4v) is 2.94. The van der Waals surface area contributed by atoms with E-state index in [-0.39, 0.29) is 11.9 Å². The fraction of sp³-hybridized carbons (Fsp3) is 0.294. The van der Waals surface area contributed by atoms with Crippen LogP contribution in [-0.4, -0.2) is 7.05 Å². The molecule has 0 aliphatic rings. The van der Waals surface area contributed by atoms with Crippen molar-refractivity contribution in [2.75, 3.05) is 7.05 Å². The van der Waals surface area contributed by atoms with E-state index in [1.54, 1.807) is 6.07 Å². The van der Waals surface area contributed by atoms with Gasteiger partial charge in [0.05, 0.1) is 4.47 Å². The van der Waals surface area contributed by atoms with Gasteiger partial charge in [0.15, 0.2) is 0 Å². The minimum Gasteiger partial charge on any atom is -0.313 e. The van der Waals surface area contributed by atoms with Crippen LogP contribution >= 0.6 is 15.9 Å². The van der Waals surface area contributed by atoms with Crippen molar-refractivity contribution in [2.45, 2.75) is 26.3 Å². The van der Waals surface area contributed by atoms with E-state index in [9.17, 15) is 4.39 Å². The average molecular weight is 336 g/mol. The highest BCUT2D eigenvalue weighted by atomic mass is 79.9. The van der Waals surface area contributed by atoms with Crippen LogP contribution in [0.4, 0.5) is 4.39 Å². The second kappa shape index (κ2) is 6.51. The second-order valence-electron chi connectivity index (χ2n) is 5.12. The van der Waals surface area contributed by atoms with Crippen molar-refractivity contribution in [3.05, 3.63) is 68.9 Å². The van der Waals surface area contributed by atoms with E-state index in [1.807, 2.05) is 13.1 Å². The van der Waals surface area contributed by atoms with Crippen LogP contribution in [0.3, 0.4) is 0 Å². The summed E-state index contributed by atoms with van der Waals surface area (Å²) < 4.78 is 14.2. The van der Waals surface area contributed by atoms with Gasteiger partial charge in [-0.15, -0.1) is 0 Å². The lowest BCUT2D eigenvalue weighted by molar-refractivity contribution is 0.578. The predicted octanol–water partition coefficient (Wildman–Crippen LogP) is 4.71. The molecule has 0 fully saturated rings. The lowest BCUT2D eigenvalue weighted by atomic mass is 9.94. The molecule has 2 aromatic carbocycles. The summed E-state index contributed by atoms with van der Waals surface area (Å²) in [6.45, 7) is 4.21. The highest BCUT2D eigenvalue weighted by molar-refractivity contribution is 9.10. The van der Waals surface area contributed by atoms with Crippen LogP contribution in [0.5, 0.6) is 0 Å². The molecule has 1 nitrogen and oxygen atoms in total. The van der Waals surface area contributed by atoms with Crippen molar-refractivity contribution in [1.29, 1.82) is 0 Å². The molecule has 0 heterocycles. The molecule has 3 heteroatoms. The van der Waals surface area contributed by atoms with Gasteiger partial charge in [-0.1, -0.05) is 35.9 Å². The Morgan fingerprint density at radius 3 is 2.60 bits per heavy atom. The maximum Gasteiger partial charge on any atom is 0.137 e. The SMILES string of the molecule is CNC(Cc1cccc(F)c1Br)c1ccc(C)cc1C. The van der Waals surface area contributed by atoms with E-state index in [1.165, 1.54) is 22.8 Å². The Hall–Kier alpha value is -1.19. The van der Waals surface area contributed by atoms with Crippen molar-refractivity contribution in [3.63, 3.8) is 0 Å². The first-order chi connectivity index (χ1) is 9.52. The van der Waals surface area contributed by atoms with E-state index < -0.39 is 0 Å². The zero-order valence-corrected chi connectivity index (χ0v) is 13.6. The maximum atomic E-state index is 13.6. The molecule has 1 unspecified atom stereocenters. The number of rotatable bonds is 4. The number of aryl methyl sites for hydroxylation is 2. The van der Waals surface area contributed by atoms with E-state index in [2.05, 4.69) is 53.3 Å². The third kappa shape index (κ3) is 3.28. The van der Waals surface area contributed by atoms with Gasteiger partial charge < -0.3 is 5.32 Å². The molecule has 0 saturated carbocycles. The molecule has 20 heavy (non-hydrogen) atoms. The molecule has 0 spiro atoms. The summed E-state index contributed by atoms with van der Waals surface area (Å²) >= 11 is 3.34. The van der Waals surface area contributed by atoms with Gasteiger partial charge in [0, 0.05) is 6.04 Å². The number of hydrogen-bond acceptors (Lipinski definition) is 1. The molecule has 1 atom stereocenters. The molecular formula is C17H19BrFN. The first-order valence-electron chi connectivity index (χ1n) is 6.70. The van der Waals surface area contributed by atoms with Gasteiger partial charge in [0.2, 0.25) is 0 Å². The third-order valence-electron chi connectivity index (χ3n) is 3.60. The van der Waals surface area contributed by atoms with Gasteiger partial charge in [0.25, 0.3) is 0 Å². The van der Waals surface area contributed by atoms with Crippen molar-refractivity contribution in [3.8, 4) is 0 Å². The fourth-order valence-electron chi connectivity index (χ4n) is 2.51. The summed E-state index contributed by atoms with van der Waals surface area (Å²) in [4.78, 5) is 0. The molecule has 0 bridgehead atoms. The van der Waals surface area contributed by atoms with Crippen molar-refractivity contribution < 1.29 is 4.39 Å². The lowest BCUT2D eigenvalue weighted by Gasteiger charge is -2.20. The van der Waals surface area contributed by atoms with E-state index >= 15 is 0 Å². The zero-order valence-electron chi connectivity index (χ0n) is 12.0. The number of nitrogens with one attached hydrogen (secondary N) is 1. The highest BCUT2D eigenvalue weighted by Gasteiger charge is 2.15. The maximum absolute atomic E-state index is 13.6. The number of halogens is 2. The Morgan fingerprint density at radius 1 is 1.20 bits per heavy atom. The first kappa shape index (κ1) is 15.2. The minimum atomic E-state index is -0.210. The molecule has 0 amide bonds. The minimum absolute atomic E-state index is 0.175. The van der Waals surface area contributed by atoms with Crippen LogP contribution in [0.25, 0.3) is 0 Å². The van der Waals surface area contributed by atoms with Crippen molar-refractivity contribution in [2.24, 2.45) is 0 Å². The topological polar surface area (TPSA) is 12.0 Å². The molecule has 0 aliphatic heterocycles. The third-order valence-corrected chi connectivity index (χ3v) is 4.49. The van der Waals surface area contributed by atoms with Crippen LogP contribution in [0, 0.1) is 19.7 Å². The monoisotopic (exact) mass is 335 g/mol. The van der Waals surface area contributed by atoms with Gasteiger partial charge in [-0.2, -0.15) is 0 Å². The van der Waals surface area contributed by atoms with Gasteiger partial charge >= 0.3 is 0 Å². The molecule has 0 aliphatic carbocycles. The van der Waals surface area contributed by atoms with Crippen LogP contribution < -0.4 is 5.32 Å². The second-order valence-corrected chi connectivity index (χ2v) is 5.91. The molecule has 0 saturated heterocycles. The summed E-state index contributed by atoms with van der Waals surface area (Å²) in [6.07, 6.45) is 0.749. The lowest BCUT2D eigenvalue weighted by Crippen LogP contribution is -2.20. The molecule has 1 N–H and O–H groups in total. The van der Waals surface area contributed by atoms with Crippen LogP contribution in [0.15, 0.2) is 40.9 Å². The average Bonchev–Trinajstić information content (AvgIpc) is 2.41. The number of hydrogen-bond donors (Lipinski definition) is 1. The predicted molar refractivity (Wildman–Crippen MR) is 85.5 cm³/mol. The molecule has 2 rings (SSSR count). The Bertz CT molecular complexity index is 610. The highest BCUT2D eigenvalue weighted by Crippen LogP contribution is 2.27. The van der Waals surface area contributed by atoms with Crippen molar-refractivity contribution in [1.82, 2.24) is 5.32 Å². The van der Waals surface area contributed by atoms with Gasteiger partial charge in [-0.25, -0.2) is 4.39 Å². The summed E-state index contributed by atoms with van der Waals surface area (Å²) in [5.41, 5.74) is 4.75. The van der Waals surface area contributed by atoms with E-state index in [4.69, 9.17) is 0 Å². The molecule has 0 aromatic heterocycles. The number of benzene rings is 2. The van der Waals surface area contributed by atoms with Gasteiger partial charge in [-0.05, 0) is 66.0 Å². The summed E-state index contributed by atoms with van der Waals surface area (Å²) in [6, 6.07) is 11.8. The van der Waals surface area contributed by atoms with E-state index in [0.29, 0.717) is 4.47 Å². The van der Waals surface area contributed by atoms with E-state index in [0.717, 1.165) is 12.0 Å². The largest absolute Gasteiger partial charge is 0.313 e. The Morgan fingerprint density at radius 2 is 1.95 bits per heavy atom. The molecule has 0 radical (unpaired) electrons. The van der Waals surface area contributed by atoms with Crippen LogP contribution in [-0.2, 0) is 6.42 Å². The van der Waals surface area contributed by atoms with Crippen LogP contribution in [0.2, 0.25) is 0 Å². The quantitative estimate of drug-likeness (QED) is 0.853. The normalized spacial score (nSPS) is 12.4. The smallest absolute Gasteiger partial charge is 0.137 e. The molecular weight excluding hydrogens is 317 g/mol. The standard InChI is InChI=1S/C17H19BrFN/c1-11-7-8-14(12(2)9-11)16(20-3)10-13-5-4-6-15(19)17(13)18/h4-9,16,20H,10H2,1-3H3. The Labute approximate surface area is 128 Å². The van der Waals surface area contributed by atoms with Gasteiger partial charge in [0.1, 0.15) is 5.82 Å². The van der Waals surface area contributed by atoms with Crippen molar-refractivity contribution >= 4 is 15.9 Å². The Kier molecular flexibility index (Phi) is 4.95. The zero-order chi connectivity index (χ0) is 14.7. The molecule has 2 aromatic rings. The summed E-state index contributed by atoms with van der Waals surface area (Å²) in [5.74, 6) is -0.210.